The Labute approximate surface area is 144 Å². The zero-order valence-corrected chi connectivity index (χ0v) is 14.5. The second-order valence-electron chi connectivity index (χ2n) is 5.45. The lowest BCUT2D eigenvalue weighted by atomic mass is 10.3. The number of hydrogen-bond donors (Lipinski definition) is 0. The topological polar surface area (TPSA) is 100 Å². The minimum Gasteiger partial charge on any atom is -0.369 e. The number of rotatable bonds is 4. The lowest BCUT2D eigenvalue weighted by molar-refractivity contribution is 0.504. The van der Waals surface area contributed by atoms with Crippen LogP contribution in [-0.4, -0.2) is 45.1 Å². The molecule has 0 aliphatic carbocycles. The molecule has 2 aromatic rings. The molecule has 2 aromatic heterocycles. The molecule has 0 aromatic carbocycles. The molecule has 9 heteroatoms. The van der Waals surface area contributed by atoms with Crippen LogP contribution in [0.5, 0.6) is 0 Å². The summed E-state index contributed by atoms with van der Waals surface area (Å²) in [7, 11) is 3.58. The van der Waals surface area contributed by atoms with E-state index in [0.717, 1.165) is 0 Å². The SMILES string of the molecule is CC(C)n1nc(-c2nc(C#N)c(N=CN(C)C)nc2Cl)ccc1=O. The molecule has 0 spiro atoms. The van der Waals surface area contributed by atoms with Crippen molar-refractivity contribution in [2.75, 3.05) is 14.1 Å². The molecule has 8 nitrogen and oxygen atoms in total. The summed E-state index contributed by atoms with van der Waals surface area (Å²) in [5.74, 6) is 0.122. The zero-order chi connectivity index (χ0) is 17.9. The van der Waals surface area contributed by atoms with Gasteiger partial charge in [-0.15, -0.1) is 0 Å². The lowest BCUT2D eigenvalue weighted by Gasteiger charge is -2.10. The van der Waals surface area contributed by atoms with Gasteiger partial charge in [0.05, 0.1) is 12.4 Å². The standard InChI is InChI=1S/C15H16ClN7O/c1-9(2)23-12(24)6-5-10(21-23)13-14(16)20-15(11(7-17)19-13)18-8-22(3)4/h5-6,8-9H,1-4H3. The first kappa shape index (κ1) is 17.6. The molecule has 0 N–H and O–H groups in total. The van der Waals surface area contributed by atoms with Crippen molar-refractivity contribution in [2.24, 2.45) is 4.99 Å². The Morgan fingerprint density at radius 2 is 2.08 bits per heavy atom. The average molecular weight is 346 g/mol. The summed E-state index contributed by atoms with van der Waals surface area (Å²) in [6.07, 6.45) is 1.50. The zero-order valence-electron chi connectivity index (χ0n) is 13.7. The van der Waals surface area contributed by atoms with Crippen LogP contribution in [0.4, 0.5) is 5.82 Å². The van der Waals surface area contributed by atoms with Gasteiger partial charge in [-0.3, -0.25) is 4.79 Å². The summed E-state index contributed by atoms with van der Waals surface area (Å²) < 4.78 is 1.32. The van der Waals surface area contributed by atoms with Gasteiger partial charge in [0, 0.05) is 20.2 Å². The molecule has 0 radical (unpaired) electrons. The molecule has 2 heterocycles. The number of nitrogens with zero attached hydrogens (tertiary/aromatic N) is 7. The van der Waals surface area contributed by atoms with Crippen LogP contribution in [0.3, 0.4) is 0 Å². The van der Waals surface area contributed by atoms with E-state index in [0.29, 0.717) is 5.69 Å². The van der Waals surface area contributed by atoms with E-state index in [4.69, 9.17) is 11.6 Å². The molecule has 0 atom stereocenters. The quantitative estimate of drug-likeness (QED) is 0.620. The van der Waals surface area contributed by atoms with Crippen molar-refractivity contribution in [1.82, 2.24) is 24.6 Å². The Bertz CT molecular complexity index is 880. The number of hydrogen-bond acceptors (Lipinski definition) is 6. The Morgan fingerprint density at radius 1 is 1.38 bits per heavy atom. The highest BCUT2D eigenvalue weighted by atomic mass is 35.5. The van der Waals surface area contributed by atoms with E-state index >= 15 is 0 Å². The number of aliphatic imine (C=N–C) groups is 1. The molecule has 0 aliphatic rings. The Balaban J connectivity index is 2.59. The van der Waals surface area contributed by atoms with Gasteiger partial charge in [0.15, 0.2) is 16.7 Å². The first-order chi connectivity index (χ1) is 11.3. The smallest absolute Gasteiger partial charge is 0.267 e. The van der Waals surface area contributed by atoms with Gasteiger partial charge in [0.1, 0.15) is 17.5 Å². The maximum absolute atomic E-state index is 11.8. The lowest BCUT2D eigenvalue weighted by Crippen LogP contribution is -2.24. The summed E-state index contributed by atoms with van der Waals surface area (Å²) in [5, 5.41) is 13.6. The molecule has 0 saturated heterocycles. The highest BCUT2D eigenvalue weighted by Gasteiger charge is 2.16. The van der Waals surface area contributed by atoms with Gasteiger partial charge in [-0.2, -0.15) is 10.4 Å². The average Bonchev–Trinajstić information content (AvgIpc) is 2.53. The molecule has 0 aliphatic heterocycles. The predicted molar refractivity (Wildman–Crippen MR) is 91.5 cm³/mol. The summed E-state index contributed by atoms with van der Waals surface area (Å²) in [5.41, 5.74) is 0.383. The van der Waals surface area contributed by atoms with Crippen molar-refractivity contribution in [3.63, 3.8) is 0 Å². The largest absolute Gasteiger partial charge is 0.369 e. The van der Waals surface area contributed by atoms with Crippen LogP contribution < -0.4 is 5.56 Å². The predicted octanol–water partition coefficient (Wildman–Crippen LogP) is 2.03. The van der Waals surface area contributed by atoms with Crippen LogP contribution in [0.25, 0.3) is 11.4 Å². The molecule has 0 amide bonds. The van der Waals surface area contributed by atoms with Gasteiger partial charge in [0.2, 0.25) is 0 Å². The van der Waals surface area contributed by atoms with Gasteiger partial charge in [-0.25, -0.2) is 19.6 Å². The molecule has 124 valence electrons. The Hall–Kier alpha value is -2.79. The van der Waals surface area contributed by atoms with Crippen LogP contribution in [0.1, 0.15) is 25.6 Å². The van der Waals surface area contributed by atoms with E-state index in [1.165, 1.54) is 23.2 Å². The third-order valence-electron chi connectivity index (χ3n) is 2.91. The summed E-state index contributed by atoms with van der Waals surface area (Å²) in [6, 6.07) is 4.70. The molecule has 0 saturated carbocycles. The van der Waals surface area contributed by atoms with Gasteiger partial charge in [-0.1, -0.05) is 11.6 Å². The third kappa shape index (κ3) is 3.75. The van der Waals surface area contributed by atoms with Crippen molar-refractivity contribution < 1.29 is 0 Å². The molecule has 0 fully saturated rings. The van der Waals surface area contributed by atoms with Crippen LogP contribution in [-0.2, 0) is 0 Å². The van der Waals surface area contributed by atoms with Gasteiger partial charge in [0.25, 0.3) is 5.56 Å². The first-order valence-electron chi connectivity index (χ1n) is 7.12. The van der Waals surface area contributed by atoms with E-state index in [2.05, 4.69) is 20.1 Å². The molecule has 0 unspecified atom stereocenters. The van der Waals surface area contributed by atoms with Crippen LogP contribution in [0, 0.1) is 11.3 Å². The number of nitriles is 1. The highest BCUT2D eigenvalue weighted by molar-refractivity contribution is 6.31. The molecular weight excluding hydrogens is 330 g/mol. The molecular formula is C15H16ClN7O. The van der Waals surface area contributed by atoms with Crippen molar-refractivity contribution in [3.8, 4) is 17.5 Å². The van der Waals surface area contributed by atoms with Gasteiger partial charge < -0.3 is 4.90 Å². The second kappa shape index (κ2) is 7.19. The van der Waals surface area contributed by atoms with E-state index in [1.807, 2.05) is 19.9 Å². The molecule has 0 bridgehead atoms. The fraction of sp³-hybridized carbons (Fsp3) is 0.333. The fourth-order valence-electron chi connectivity index (χ4n) is 1.83. The second-order valence-corrected chi connectivity index (χ2v) is 5.81. The van der Waals surface area contributed by atoms with E-state index < -0.39 is 0 Å². The van der Waals surface area contributed by atoms with Gasteiger partial charge in [-0.05, 0) is 19.9 Å². The monoisotopic (exact) mass is 345 g/mol. The molecule has 24 heavy (non-hydrogen) atoms. The van der Waals surface area contributed by atoms with Crippen molar-refractivity contribution in [1.29, 1.82) is 5.26 Å². The minimum absolute atomic E-state index is 0.0246. The minimum atomic E-state index is -0.231. The van der Waals surface area contributed by atoms with E-state index in [9.17, 15) is 10.1 Å². The first-order valence-corrected chi connectivity index (χ1v) is 7.49. The normalized spacial score (nSPS) is 11.0. The van der Waals surface area contributed by atoms with E-state index in [1.54, 1.807) is 19.0 Å². The van der Waals surface area contributed by atoms with E-state index in [-0.39, 0.29) is 34.0 Å². The maximum Gasteiger partial charge on any atom is 0.267 e. The maximum atomic E-state index is 11.8. The van der Waals surface area contributed by atoms with Crippen LogP contribution >= 0.6 is 11.6 Å². The fourth-order valence-corrected chi connectivity index (χ4v) is 2.05. The third-order valence-corrected chi connectivity index (χ3v) is 3.17. The summed E-state index contributed by atoms with van der Waals surface area (Å²) >= 11 is 6.18. The van der Waals surface area contributed by atoms with Crippen molar-refractivity contribution in [3.05, 3.63) is 33.3 Å². The Kier molecular flexibility index (Phi) is 5.26. The number of halogens is 1. The van der Waals surface area contributed by atoms with Crippen LogP contribution in [0.2, 0.25) is 5.15 Å². The van der Waals surface area contributed by atoms with Crippen LogP contribution in [0.15, 0.2) is 21.9 Å². The molecule has 2 rings (SSSR count). The number of aromatic nitrogens is 4. The van der Waals surface area contributed by atoms with Crippen molar-refractivity contribution in [2.45, 2.75) is 19.9 Å². The summed E-state index contributed by atoms with van der Waals surface area (Å²) in [4.78, 5) is 25.9. The van der Waals surface area contributed by atoms with Crippen molar-refractivity contribution >= 4 is 23.8 Å². The van der Waals surface area contributed by atoms with Gasteiger partial charge >= 0.3 is 0 Å². The summed E-state index contributed by atoms with van der Waals surface area (Å²) in [6.45, 7) is 3.68. The Morgan fingerprint density at radius 3 is 2.67 bits per heavy atom. The highest BCUT2D eigenvalue weighted by Crippen LogP contribution is 2.26.